The molecule has 2 unspecified atom stereocenters. The van der Waals surface area contributed by atoms with E-state index < -0.39 is 12.1 Å². The van der Waals surface area contributed by atoms with Crippen LogP contribution in [-0.4, -0.2) is 47.4 Å². The van der Waals surface area contributed by atoms with E-state index in [-0.39, 0.29) is 18.5 Å². The van der Waals surface area contributed by atoms with Crippen molar-refractivity contribution < 1.29 is 24.5 Å². The normalized spacial score (nSPS) is 12.7. The van der Waals surface area contributed by atoms with E-state index in [1.807, 2.05) is 6.08 Å². The number of esters is 1. The summed E-state index contributed by atoms with van der Waals surface area (Å²) >= 11 is 0. The molecule has 0 aliphatic heterocycles. The summed E-state index contributed by atoms with van der Waals surface area (Å²) in [7, 11) is 0. The van der Waals surface area contributed by atoms with Crippen molar-refractivity contribution >= 4 is 11.9 Å². The Morgan fingerprint density at radius 1 is 0.380 bits per heavy atom. The Bertz CT molecular complexity index is 1110. The molecule has 0 fully saturated rings. The number of aliphatic hydroxyl groups excluding tert-OH is 2. The number of hydrogen-bond donors (Lipinski definition) is 3. The van der Waals surface area contributed by atoms with Gasteiger partial charge in [-0.25, -0.2) is 0 Å². The highest BCUT2D eigenvalue weighted by atomic mass is 16.5. The molecule has 0 aliphatic rings. The van der Waals surface area contributed by atoms with Gasteiger partial charge in [0.1, 0.15) is 0 Å². The topological polar surface area (TPSA) is 95.9 Å². The Balaban J connectivity index is 3.40. The van der Waals surface area contributed by atoms with E-state index in [2.05, 4.69) is 31.3 Å². The predicted octanol–water partition coefficient (Wildman–Crippen LogP) is 20.2. The second-order valence-corrected chi connectivity index (χ2v) is 22.1. The van der Waals surface area contributed by atoms with Gasteiger partial charge in [-0.1, -0.05) is 314 Å². The highest BCUT2D eigenvalue weighted by Crippen LogP contribution is 2.18. The summed E-state index contributed by atoms with van der Waals surface area (Å²) in [6.07, 6.45) is 75.1. The van der Waals surface area contributed by atoms with Crippen molar-refractivity contribution in [3.63, 3.8) is 0 Å². The molecule has 0 saturated carbocycles. The molecule has 6 heteroatoms. The molecular weight excluding hydrogens is 875 g/mol. The fourth-order valence-corrected chi connectivity index (χ4v) is 10.0. The zero-order valence-corrected chi connectivity index (χ0v) is 48.0. The molecular formula is C65H125NO5. The van der Waals surface area contributed by atoms with Crippen molar-refractivity contribution in [2.45, 2.75) is 366 Å². The molecule has 1 amide bonds. The first-order valence-electron chi connectivity index (χ1n) is 32.1. The van der Waals surface area contributed by atoms with E-state index in [9.17, 15) is 19.8 Å². The molecule has 0 heterocycles. The maximum atomic E-state index is 12.5. The van der Waals surface area contributed by atoms with Crippen LogP contribution in [0, 0.1) is 0 Å². The largest absolute Gasteiger partial charge is 0.466 e. The minimum absolute atomic E-state index is 0.00422. The summed E-state index contributed by atoms with van der Waals surface area (Å²) in [6.45, 7) is 4.89. The van der Waals surface area contributed by atoms with Gasteiger partial charge in [-0.2, -0.15) is 0 Å². The number of carbonyl (C=O) groups excluding carboxylic acids is 2. The summed E-state index contributed by atoms with van der Waals surface area (Å²) in [5.41, 5.74) is 0. The van der Waals surface area contributed by atoms with Gasteiger partial charge in [-0.05, 0) is 51.4 Å². The molecule has 420 valence electrons. The third-order valence-corrected chi connectivity index (χ3v) is 15.0. The van der Waals surface area contributed by atoms with Gasteiger partial charge >= 0.3 is 5.97 Å². The lowest BCUT2D eigenvalue weighted by atomic mass is 10.0. The van der Waals surface area contributed by atoms with Gasteiger partial charge in [0.2, 0.25) is 5.91 Å². The standard InChI is InChI=1S/C65H125NO5/c1-3-5-7-9-11-13-15-16-17-18-25-28-31-34-38-41-45-49-53-57-63(68)62(61-67)66-64(69)58-54-50-46-42-39-35-32-29-26-23-21-19-20-22-24-27-30-33-36-40-44-48-52-56-60-71-65(70)59-55-51-47-43-37-14-12-10-8-6-4-2/h10,12,53,57,62-63,67-68H,3-9,11,13-52,54-56,58-61H2,1-2H3,(H,66,69)/b12-10-,57-53+. The van der Waals surface area contributed by atoms with Crippen LogP contribution < -0.4 is 5.32 Å². The van der Waals surface area contributed by atoms with Crippen LogP contribution in [0.15, 0.2) is 24.3 Å². The van der Waals surface area contributed by atoms with Gasteiger partial charge in [0, 0.05) is 12.8 Å². The molecule has 71 heavy (non-hydrogen) atoms. The molecule has 0 spiro atoms. The number of carbonyl (C=O) groups is 2. The van der Waals surface area contributed by atoms with E-state index in [1.165, 1.54) is 283 Å². The zero-order valence-electron chi connectivity index (χ0n) is 48.0. The van der Waals surface area contributed by atoms with Gasteiger partial charge in [-0.3, -0.25) is 9.59 Å². The molecule has 0 aromatic carbocycles. The molecule has 0 aromatic heterocycles. The van der Waals surface area contributed by atoms with Gasteiger partial charge in [-0.15, -0.1) is 0 Å². The number of hydrogen-bond acceptors (Lipinski definition) is 5. The number of ether oxygens (including phenoxy) is 1. The van der Waals surface area contributed by atoms with Gasteiger partial charge < -0.3 is 20.3 Å². The number of aliphatic hydroxyl groups is 2. The second kappa shape index (κ2) is 60.9. The molecule has 2 atom stereocenters. The molecule has 0 radical (unpaired) electrons. The Hall–Kier alpha value is -1.66. The Labute approximate surface area is 443 Å². The molecule has 6 nitrogen and oxygen atoms in total. The average molecular weight is 1000 g/mol. The van der Waals surface area contributed by atoms with Crippen LogP contribution in [-0.2, 0) is 14.3 Å². The van der Waals surface area contributed by atoms with E-state index in [0.717, 1.165) is 44.9 Å². The van der Waals surface area contributed by atoms with Crippen molar-refractivity contribution in [3.8, 4) is 0 Å². The number of amides is 1. The monoisotopic (exact) mass is 1000 g/mol. The number of allylic oxidation sites excluding steroid dienone is 3. The minimum atomic E-state index is -0.844. The van der Waals surface area contributed by atoms with Crippen LogP contribution in [0.3, 0.4) is 0 Å². The SMILES string of the molecule is CCCC/C=C\CCCCCCCC(=O)OCCCCCCCCCCCCCCCCCCCCCCCCCCC(=O)NC(CO)C(O)/C=C/CCCCCCCCCCCCCCCCCCC. The lowest BCUT2D eigenvalue weighted by Crippen LogP contribution is -2.45. The van der Waals surface area contributed by atoms with E-state index in [4.69, 9.17) is 4.74 Å². The first kappa shape index (κ1) is 69.3. The van der Waals surface area contributed by atoms with Crippen molar-refractivity contribution in [1.82, 2.24) is 5.32 Å². The minimum Gasteiger partial charge on any atom is -0.466 e. The molecule has 0 bridgehead atoms. The molecule has 0 aliphatic carbocycles. The first-order valence-corrected chi connectivity index (χ1v) is 32.1. The summed E-state index contributed by atoms with van der Waals surface area (Å²) in [5.74, 6) is -0.0596. The van der Waals surface area contributed by atoms with Crippen LogP contribution in [0.4, 0.5) is 0 Å². The van der Waals surface area contributed by atoms with E-state index >= 15 is 0 Å². The smallest absolute Gasteiger partial charge is 0.305 e. The molecule has 3 N–H and O–H groups in total. The van der Waals surface area contributed by atoms with Crippen LogP contribution >= 0.6 is 0 Å². The van der Waals surface area contributed by atoms with E-state index in [0.29, 0.717) is 19.4 Å². The third-order valence-electron chi connectivity index (χ3n) is 15.0. The lowest BCUT2D eigenvalue weighted by molar-refractivity contribution is -0.143. The molecule has 0 rings (SSSR count). The predicted molar refractivity (Wildman–Crippen MR) is 310 cm³/mol. The Kier molecular flexibility index (Phi) is 59.5. The van der Waals surface area contributed by atoms with Crippen molar-refractivity contribution in [2.75, 3.05) is 13.2 Å². The Morgan fingerprint density at radius 2 is 0.676 bits per heavy atom. The van der Waals surface area contributed by atoms with Crippen LogP contribution in [0.25, 0.3) is 0 Å². The highest BCUT2D eigenvalue weighted by Gasteiger charge is 2.18. The Morgan fingerprint density at radius 3 is 1.04 bits per heavy atom. The van der Waals surface area contributed by atoms with Crippen LogP contribution in [0.2, 0.25) is 0 Å². The molecule has 0 aromatic rings. The summed E-state index contributed by atoms with van der Waals surface area (Å²) in [4.78, 5) is 24.5. The number of rotatable bonds is 60. The maximum Gasteiger partial charge on any atom is 0.305 e. The number of unbranched alkanes of at least 4 members (excludes halogenated alkanes) is 47. The second-order valence-electron chi connectivity index (χ2n) is 22.1. The van der Waals surface area contributed by atoms with E-state index in [1.54, 1.807) is 6.08 Å². The van der Waals surface area contributed by atoms with Gasteiger partial charge in [0.25, 0.3) is 0 Å². The lowest BCUT2D eigenvalue weighted by Gasteiger charge is -2.20. The van der Waals surface area contributed by atoms with Crippen molar-refractivity contribution in [1.29, 1.82) is 0 Å². The summed E-state index contributed by atoms with van der Waals surface area (Å²) < 4.78 is 5.46. The summed E-state index contributed by atoms with van der Waals surface area (Å²) in [6, 6.07) is -0.627. The van der Waals surface area contributed by atoms with Crippen LogP contribution in [0.5, 0.6) is 0 Å². The van der Waals surface area contributed by atoms with Crippen LogP contribution in [0.1, 0.15) is 354 Å². The first-order chi connectivity index (χ1) is 35.0. The van der Waals surface area contributed by atoms with Gasteiger partial charge in [0.15, 0.2) is 0 Å². The number of nitrogens with one attached hydrogen (secondary N) is 1. The quantitative estimate of drug-likeness (QED) is 0.0320. The van der Waals surface area contributed by atoms with Crippen molar-refractivity contribution in [3.05, 3.63) is 24.3 Å². The third kappa shape index (κ3) is 57.5. The fourth-order valence-electron chi connectivity index (χ4n) is 10.0. The van der Waals surface area contributed by atoms with Crippen molar-refractivity contribution in [2.24, 2.45) is 0 Å². The zero-order chi connectivity index (χ0) is 51.4. The highest BCUT2D eigenvalue weighted by molar-refractivity contribution is 5.76. The fraction of sp³-hybridized carbons (Fsp3) is 0.908. The van der Waals surface area contributed by atoms with Gasteiger partial charge in [0.05, 0.1) is 25.4 Å². The average Bonchev–Trinajstić information content (AvgIpc) is 3.37. The summed E-state index contributed by atoms with van der Waals surface area (Å²) in [5, 5.41) is 23.2. The molecule has 0 saturated heterocycles. The maximum absolute atomic E-state index is 12.5.